The molecule has 0 atom stereocenters. The second-order valence-electron chi connectivity index (χ2n) is 5.57. The highest BCUT2D eigenvalue weighted by atomic mass is 16.2. The van der Waals surface area contributed by atoms with Crippen molar-refractivity contribution in [1.82, 2.24) is 4.90 Å². The number of carbonyl (C=O) groups is 1. The van der Waals surface area contributed by atoms with Gasteiger partial charge in [-0.05, 0) is 37.0 Å². The molecule has 0 spiro atoms. The molecule has 2 amide bonds. The van der Waals surface area contributed by atoms with Crippen LogP contribution in [0.2, 0.25) is 0 Å². The summed E-state index contributed by atoms with van der Waals surface area (Å²) in [6.07, 6.45) is 1.93. The standard InChI is InChI=1S/C16H27N3O/c1-5-15(6-2)19(11-12(3)4)16(20)18-14-9-7-8-13(17)10-14/h7-10,12,15H,5-6,11,17H2,1-4H3,(H,18,20). The minimum Gasteiger partial charge on any atom is -0.399 e. The number of hydrogen-bond donors (Lipinski definition) is 2. The van der Waals surface area contributed by atoms with Crippen molar-refractivity contribution in [2.75, 3.05) is 17.6 Å². The Morgan fingerprint density at radius 1 is 1.30 bits per heavy atom. The van der Waals surface area contributed by atoms with E-state index in [0.717, 1.165) is 25.1 Å². The molecule has 0 radical (unpaired) electrons. The van der Waals surface area contributed by atoms with Crippen LogP contribution >= 0.6 is 0 Å². The number of benzene rings is 1. The number of anilines is 2. The summed E-state index contributed by atoms with van der Waals surface area (Å²) in [5.41, 5.74) is 7.14. The van der Waals surface area contributed by atoms with Gasteiger partial charge in [0.2, 0.25) is 0 Å². The summed E-state index contributed by atoms with van der Waals surface area (Å²) in [5.74, 6) is 0.446. The van der Waals surface area contributed by atoms with Gasteiger partial charge in [-0.25, -0.2) is 4.79 Å². The van der Waals surface area contributed by atoms with Gasteiger partial charge in [-0.15, -0.1) is 0 Å². The molecule has 0 aliphatic heterocycles. The number of urea groups is 1. The molecule has 20 heavy (non-hydrogen) atoms. The zero-order valence-corrected chi connectivity index (χ0v) is 13.0. The molecular formula is C16H27N3O. The normalized spacial score (nSPS) is 10.9. The van der Waals surface area contributed by atoms with Crippen LogP contribution in [0, 0.1) is 5.92 Å². The first-order chi connectivity index (χ1) is 9.47. The van der Waals surface area contributed by atoms with Crippen molar-refractivity contribution in [1.29, 1.82) is 0 Å². The van der Waals surface area contributed by atoms with Gasteiger partial charge in [0, 0.05) is 24.0 Å². The average Bonchev–Trinajstić information content (AvgIpc) is 2.38. The minimum atomic E-state index is -0.0435. The number of nitrogens with zero attached hydrogens (tertiary/aromatic N) is 1. The lowest BCUT2D eigenvalue weighted by molar-refractivity contribution is 0.173. The number of rotatable bonds is 6. The molecule has 1 aromatic carbocycles. The summed E-state index contributed by atoms with van der Waals surface area (Å²) in [5, 5.41) is 2.94. The highest BCUT2D eigenvalue weighted by molar-refractivity contribution is 5.90. The van der Waals surface area contributed by atoms with Crippen LogP contribution in [0.25, 0.3) is 0 Å². The van der Waals surface area contributed by atoms with E-state index in [4.69, 9.17) is 5.73 Å². The van der Waals surface area contributed by atoms with Gasteiger partial charge in [0.25, 0.3) is 0 Å². The van der Waals surface area contributed by atoms with Crippen molar-refractivity contribution in [2.45, 2.75) is 46.6 Å². The Morgan fingerprint density at radius 2 is 1.95 bits per heavy atom. The predicted molar refractivity (Wildman–Crippen MR) is 85.8 cm³/mol. The molecule has 0 fully saturated rings. The Labute approximate surface area is 122 Å². The quantitative estimate of drug-likeness (QED) is 0.774. The molecule has 1 rings (SSSR count). The van der Waals surface area contributed by atoms with E-state index in [2.05, 4.69) is 33.0 Å². The van der Waals surface area contributed by atoms with Crippen molar-refractivity contribution in [3.8, 4) is 0 Å². The lowest BCUT2D eigenvalue weighted by Gasteiger charge is -2.32. The van der Waals surface area contributed by atoms with Crippen LogP contribution in [0.1, 0.15) is 40.5 Å². The number of nitrogen functional groups attached to an aromatic ring is 1. The third-order valence-corrected chi connectivity index (χ3v) is 3.34. The molecule has 3 N–H and O–H groups in total. The monoisotopic (exact) mass is 277 g/mol. The SMILES string of the molecule is CCC(CC)N(CC(C)C)C(=O)Nc1cccc(N)c1. The van der Waals surface area contributed by atoms with E-state index in [1.165, 1.54) is 0 Å². The predicted octanol–water partition coefficient (Wildman–Crippen LogP) is 3.95. The van der Waals surface area contributed by atoms with Gasteiger partial charge < -0.3 is 16.0 Å². The number of nitrogens with two attached hydrogens (primary N) is 1. The maximum Gasteiger partial charge on any atom is 0.322 e. The van der Waals surface area contributed by atoms with Gasteiger partial charge in [-0.1, -0.05) is 33.8 Å². The third kappa shape index (κ3) is 4.76. The summed E-state index contributed by atoms with van der Waals surface area (Å²) < 4.78 is 0. The van der Waals surface area contributed by atoms with Gasteiger partial charge in [0.05, 0.1) is 0 Å². The number of hydrogen-bond acceptors (Lipinski definition) is 2. The number of nitrogens with one attached hydrogen (secondary N) is 1. The lowest BCUT2D eigenvalue weighted by atomic mass is 10.1. The van der Waals surface area contributed by atoms with Crippen LogP contribution in [0.4, 0.5) is 16.2 Å². The molecule has 0 unspecified atom stereocenters. The van der Waals surface area contributed by atoms with Crippen LogP contribution in [-0.2, 0) is 0 Å². The van der Waals surface area contributed by atoms with E-state index in [9.17, 15) is 4.79 Å². The van der Waals surface area contributed by atoms with Crippen molar-refractivity contribution >= 4 is 17.4 Å². The molecule has 0 saturated heterocycles. The molecule has 0 aliphatic rings. The number of carbonyl (C=O) groups excluding carboxylic acids is 1. The summed E-state index contributed by atoms with van der Waals surface area (Å²) >= 11 is 0. The summed E-state index contributed by atoms with van der Waals surface area (Å²) in [7, 11) is 0. The van der Waals surface area contributed by atoms with Crippen molar-refractivity contribution in [3.63, 3.8) is 0 Å². The molecule has 0 heterocycles. The Balaban J connectivity index is 2.82. The zero-order valence-electron chi connectivity index (χ0n) is 13.0. The Bertz CT molecular complexity index is 427. The molecule has 1 aromatic rings. The molecule has 4 heteroatoms. The second kappa shape index (κ2) is 7.78. The van der Waals surface area contributed by atoms with Gasteiger partial charge in [-0.2, -0.15) is 0 Å². The van der Waals surface area contributed by atoms with Crippen molar-refractivity contribution in [3.05, 3.63) is 24.3 Å². The van der Waals surface area contributed by atoms with Crippen LogP contribution in [0.5, 0.6) is 0 Å². The minimum absolute atomic E-state index is 0.0435. The van der Waals surface area contributed by atoms with E-state index in [0.29, 0.717) is 11.6 Å². The molecular weight excluding hydrogens is 250 g/mol. The van der Waals surface area contributed by atoms with Gasteiger partial charge in [0.15, 0.2) is 0 Å². The van der Waals surface area contributed by atoms with E-state index in [1.807, 2.05) is 23.1 Å². The Hall–Kier alpha value is -1.71. The highest BCUT2D eigenvalue weighted by Gasteiger charge is 2.21. The first-order valence-corrected chi connectivity index (χ1v) is 7.41. The molecule has 0 saturated carbocycles. The van der Waals surface area contributed by atoms with Gasteiger partial charge in [-0.3, -0.25) is 0 Å². The molecule has 0 bridgehead atoms. The van der Waals surface area contributed by atoms with E-state index in [1.54, 1.807) is 6.07 Å². The summed E-state index contributed by atoms with van der Waals surface area (Å²) in [6, 6.07) is 7.51. The van der Waals surface area contributed by atoms with Crippen LogP contribution < -0.4 is 11.1 Å². The first-order valence-electron chi connectivity index (χ1n) is 7.41. The maximum atomic E-state index is 12.5. The molecule has 0 aliphatic carbocycles. The van der Waals surface area contributed by atoms with Crippen molar-refractivity contribution < 1.29 is 4.79 Å². The fourth-order valence-corrected chi connectivity index (χ4v) is 2.33. The smallest absolute Gasteiger partial charge is 0.322 e. The highest BCUT2D eigenvalue weighted by Crippen LogP contribution is 2.16. The summed E-state index contributed by atoms with van der Waals surface area (Å²) in [4.78, 5) is 14.4. The van der Waals surface area contributed by atoms with E-state index in [-0.39, 0.29) is 12.1 Å². The third-order valence-electron chi connectivity index (χ3n) is 3.34. The van der Waals surface area contributed by atoms with Crippen molar-refractivity contribution in [2.24, 2.45) is 5.92 Å². The average molecular weight is 277 g/mol. The largest absolute Gasteiger partial charge is 0.399 e. The fourth-order valence-electron chi connectivity index (χ4n) is 2.33. The van der Waals surface area contributed by atoms with Crippen LogP contribution in [0.15, 0.2) is 24.3 Å². The topological polar surface area (TPSA) is 58.4 Å². The maximum absolute atomic E-state index is 12.5. The molecule has 0 aromatic heterocycles. The van der Waals surface area contributed by atoms with E-state index < -0.39 is 0 Å². The molecule has 4 nitrogen and oxygen atoms in total. The van der Waals surface area contributed by atoms with Gasteiger partial charge in [0.1, 0.15) is 0 Å². The molecule has 112 valence electrons. The lowest BCUT2D eigenvalue weighted by Crippen LogP contribution is -2.44. The van der Waals surface area contributed by atoms with E-state index >= 15 is 0 Å². The van der Waals surface area contributed by atoms with Crippen LogP contribution in [0.3, 0.4) is 0 Å². The summed E-state index contributed by atoms with van der Waals surface area (Å²) in [6.45, 7) is 9.26. The number of amides is 2. The van der Waals surface area contributed by atoms with Crippen LogP contribution in [-0.4, -0.2) is 23.5 Å². The Morgan fingerprint density at radius 3 is 2.45 bits per heavy atom. The fraction of sp³-hybridized carbons (Fsp3) is 0.562. The zero-order chi connectivity index (χ0) is 15.1. The Kier molecular flexibility index (Phi) is 6.36. The first kappa shape index (κ1) is 16.3. The second-order valence-corrected chi connectivity index (χ2v) is 5.57. The van der Waals surface area contributed by atoms with Gasteiger partial charge >= 0.3 is 6.03 Å².